The van der Waals surface area contributed by atoms with Crippen LogP contribution in [-0.4, -0.2) is 12.1 Å². The maximum Gasteiger partial charge on any atom is 0.271 e. The van der Waals surface area contributed by atoms with Gasteiger partial charge in [-0.05, 0) is 42.0 Å². The first kappa shape index (κ1) is 19.1. The Hall–Kier alpha value is -4.19. The van der Waals surface area contributed by atoms with Crippen LogP contribution in [0.1, 0.15) is 21.5 Å². The third kappa shape index (κ3) is 4.44. The van der Waals surface area contributed by atoms with Crippen LogP contribution in [0.5, 0.6) is 5.75 Å². The van der Waals surface area contributed by atoms with E-state index in [1.165, 1.54) is 12.5 Å². The highest BCUT2D eigenvalue weighted by Crippen LogP contribution is 2.12. The fourth-order valence-corrected chi connectivity index (χ4v) is 2.84. The highest BCUT2D eigenvalue weighted by Gasteiger charge is 2.06. The molecule has 3 aromatic carbocycles. The number of carbonyl (C=O) groups excluding carboxylic acids is 1. The van der Waals surface area contributed by atoms with Crippen LogP contribution in [-0.2, 0) is 6.61 Å². The predicted molar refractivity (Wildman–Crippen MR) is 115 cm³/mol. The second-order valence-electron chi connectivity index (χ2n) is 6.51. The van der Waals surface area contributed by atoms with Gasteiger partial charge >= 0.3 is 0 Å². The minimum Gasteiger partial charge on any atom is -0.489 e. The molecule has 1 amide bonds. The fraction of sp³-hybridized carbons (Fsp3) is 0.0417. The van der Waals surface area contributed by atoms with Crippen molar-refractivity contribution in [2.75, 3.05) is 0 Å². The van der Waals surface area contributed by atoms with Gasteiger partial charge in [0, 0.05) is 5.56 Å². The third-order valence-electron chi connectivity index (χ3n) is 4.44. The summed E-state index contributed by atoms with van der Waals surface area (Å²) in [5.74, 6) is 0.402. The molecule has 6 nitrogen and oxygen atoms in total. The summed E-state index contributed by atoms with van der Waals surface area (Å²) in [5, 5.41) is 4.33. The number of hydrogen-bond acceptors (Lipinski definition) is 5. The molecule has 1 aromatic heterocycles. The minimum atomic E-state index is -0.382. The van der Waals surface area contributed by atoms with Gasteiger partial charge in [0.1, 0.15) is 24.2 Å². The summed E-state index contributed by atoms with van der Waals surface area (Å²) >= 11 is 0. The molecule has 0 fully saturated rings. The van der Waals surface area contributed by atoms with E-state index in [1.807, 2.05) is 42.5 Å². The summed E-state index contributed by atoms with van der Waals surface area (Å²) in [6.45, 7) is 0.405. The van der Waals surface area contributed by atoms with Crippen molar-refractivity contribution in [3.05, 3.63) is 112 Å². The molecule has 1 heterocycles. The zero-order chi connectivity index (χ0) is 20.8. The third-order valence-corrected chi connectivity index (χ3v) is 4.44. The second kappa shape index (κ2) is 8.87. The largest absolute Gasteiger partial charge is 0.489 e. The smallest absolute Gasteiger partial charge is 0.271 e. The Labute approximate surface area is 172 Å². The zero-order valence-corrected chi connectivity index (χ0v) is 15.9. The lowest BCUT2D eigenvalue weighted by atomic mass is 10.1. The van der Waals surface area contributed by atoms with Crippen LogP contribution < -0.4 is 15.6 Å². The SMILES string of the molecule is O=C(NN=Cc1coc2ccccc2c1=O)c1ccc(COc2ccccc2)cc1. The number of amides is 1. The Bertz CT molecular complexity index is 1250. The van der Waals surface area contributed by atoms with E-state index < -0.39 is 0 Å². The van der Waals surface area contributed by atoms with Gasteiger partial charge in [-0.15, -0.1) is 0 Å². The normalized spacial score (nSPS) is 10.9. The van der Waals surface area contributed by atoms with E-state index in [0.717, 1.165) is 11.3 Å². The van der Waals surface area contributed by atoms with Crippen molar-refractivity contribution < 1.29 is 13.9 Å². The van der Waals surface area contributed by atoms with Gasteiger partial charge < -0.3 is 9.15 Å². The number of ether oxygens (including phenoxy) is 1. The Kier molecular flexibility index (Phi) is 5.66. The number of hydrogen-bond donors (Lipinski definition) is 1. The maximum absolute atomic E-state index is 12.4. The molecule has 0 aliphatic carbocycles. The molecule has 4 aromatic rings. The quantitative estimate of drug-likeness (QED) is 0.391. The summed E-state index contributed by atoms with van der Waals surface area (Å²) in [7, 11) is 0. The molecule has 0 aliphatic heterocycles. The number of carbonyl (C=O) groups is 1. The Morgan fingerprint density at radius 1 is 0.967 bits per heavy atom. The number of benzene rings is 3. The Morgan fingerprint density at radius 3 is 2.50 bits per heavy atom. The van der Waals surface area contributed by atoms with E-state index >= 15 is 0 Å². The van der Waals surface area contributed by atoms with Crippen LogP contribution in [0.2, 0.25) is 0 Å². The molecule has 6 heteroatoms. The van der Waals surface area contributed by atoms with Crippen molar-refractivity contribution in [3.8, 4) is 5.75 Å². The number of rotatable bonds is 6. The van der Waals surface area contributed by atoms with Gasteiger partial charge in [0.25, 0.3) is 5.91 Å². The molecule has 0 atom stereocenters. The molecule has 0 radical (unpaired) electrons. The molecule has 0 spiro atoms. The monoisotopic (exact) mass is 398 g/mol. The summed E-state index contributed by atoms with van der Waals surface area (Å²) < 4.78 is 11.1. The Morgan fingerprint density at radius 2 is 1.70 bits per heavy atom. The van der Waals surface area contributed by atoms with Crippen molar-refractivity contribution in [3.63, 3.8) is 0 Å². The molecular formula is C24H18N2O4. The van der Waals surface area contributed by atoms with Crippen molar-refractivity contribution in [1.29, 1.82) is 0 Å². The summed E-state index contributed by atoms with van der Waals surface area (Å²) in [6.07, 6.45) is 2.60. The molecule has 30 heavy (non-hydrogen) atoms. The van der Waals surface area contributed by atoms with Gasteiger partial charge in [0.05, 0.1) is 17.2 Å². The van der Waals surface area contributed by atoms with Crippen LogP contribution in [0.4, 0.5) is 0 Å². The Balaban J connectivity index is 1.37. The van der Waals surface area contributed by atoms with Crippen LogP contribution >= 0.6 is 0 Å². The van der Waals surface area contributed by atoms with Crippen LogP contribution in [0.15, 0.2) is 99.4 Å². The zero-order valence-electron chi connectivity index (χ0n) is 15.9. The average Bonchev–Trinajstić information content (AvgIpc) is 2.80. The second-order valence-corrected chi connectivity index (χ2v) is 6.51. The van der Waals surface area contributed by atoms with Gasteiger partial charge in [-0.1, -0.05) is 42.5 Å². The van der Waals surface area contributed by atoms with E-state index in [0.29, 0.717) is 23.1 Å². The van der Waals surface area contributed by atoms with Gasteiger partial charge in [0.2, 0.25) is 5.43 Å². The molecule has 4 rings (SSSR count). The summed E-state index contributed by atoms with van der Waals surface area (Å²) in [5.41, 5.74) is 4.34. The first-order valence-corrected chi connectivity index (χ1v) is 9.31. The highest BCUT2D eigenvalue weighted by atomic mass is 16.5. The summed E-state index contributed by atoms with van der Waals surface area (Å²) in [6, 6.07) is 23.5. The van der Waals surface area contributed by atoms with Crippen molar-refractivity contribution in [2.24, 2.45) is 5.10 Å². The van der Waals surface area contributed by atoms with Crippen molar-refractivity contribution in [2.45, 2.75) is 6.61 Å². The maximum atomic E-state index is 12.4. The summed E-state index contributed by atoms with van der Waals surface area (Å²) in [4.78, 5) is 24.7. The van der Waals surface area contributed by atoms with Gasteiger partial charge in [0.15, 0.2) is 0 Å². The van der Waals surface area contributed by atoms with Gasteiger partial charge in [-0.25, -0.2) is 5.43 Å². The lowest BCUT2D eigenvalue weighted by Gasteiger charge is -2.06. The van der Waals surface area contributed by atoms with E-state index in [1.54, 1.807) is 36.4 Å². The number of nitrogens with zero attached hydrogens (tertiary/aromatic N) is 1. The molecule has 0 bridgehead atoms. The lowest BCUT2D eigenvalue weighted by Crippen LogP contribution is -2.18. The highest BCUT2D eigenvalue weighted by molar-refractivity contribution is 5.95. The number of hydrazone groups is 1. The fourth-order valence-electron chi connectivity index (χ4n) is 2.84. The molecule has 0 aliphatic rings. The van der Waals surface area contributed by atoms with Crippen molar-refractivity contribution >= 4 is 23.1 Å². The van der Waals surface area contributed by atoms with Gasteiger partial charge in [-0.2, -0.15) is 5.10 Å². The molecule has 0 saturated heterocycles. The van der Waals surface area contributed by atoms with Crippen LogP contribution in [0.25, 0.3) is 11.0 Å². The van der Waals surface area contributed by atoms with E-state index in [4.69, 9.17) is 9.15 Å². The number of nitrogens with one attached hydrogen (secondary N) is 1. The van der Waals surface area contributed by atoms with Crippen molar-refractivity contribution in [1.82, 2.24) is 5.43 Å². The molecular weight excluding hydrogens is 380 g/mol. The van der Waals surface area contributed by atoms with E-state index in [2.05, 4.69) is 10.5 Å². The average molecular weight is 398 g/mol. The van der Waals surface area contributed by atoms with E-state index in [9.17, 15) is 9.59 Å². The first-order chi connectivity index (χ1) is 14.7. The van der Waals surface area contributed by atoms with Gasteiger partial charge in [-0.3, -0.25) is 9.59 Å². The van der Waals surface area contributed by atoms with Crippen LogP contribution in [0.3, 0.4) is 0 Å². The molecule has 1 N–H and O–H groups in total. The van der Waals surface area contributed by atoms with Crippen LogP contribution in [0, 0.1) is 0 Å². The lowest BCUT2D eigenvalue weighted by molar-refractivity contribution is 0.0955. The number of fused-ring (bicyclic) bond motifs is 1. The molecule has 0 unspecified atom stereocenters. The topological polar surface area (TPSA) is 80.9 Å². The predicted octanol–water partition coefficient (Wildman–Crippen LogP) is 4.14. The molecule has 0 saturated carbocycles. The first-order valence-electron chi connectivity index (χ1n) is 9.31. The number of para-hydroxylation sites is 2. The minimum absolute atomic E-state index is 0.211. The molecule has 148 valence electrons. The van der Waals surface area contributed by atoms with E-state index in [-0.39, 0.29) is 16.9 Å². The standard InChI is InChI=1S/C24H18N2O4/c27-23-19(16-30-22-9-5-4-8-21(22)23)14-25-26-24(28)18-12-10-17(11-13-18)15-29-20-6-2-1-3-7-20/h1-14,16H,15H2,(H,26,28).